The topological polar surface area (TPSA) is 95.3 Å². The maximum Gasteiger partial charge on any atom is 0.231 e. The number of Topliss-reactive ketones (excluding diaryl/α,β-unsaturated/α-hetero) is 1. The second-order valence-electron chi connectivity index (χ2n) is 8.27. The van der Waals surface area contributed by atoms with Gasteiger partial charge in [0.1, 0.15) is 0 Å². The first kappa shape index (κ1) is 21.4. The Balaban J connectivity index is 1.30. The smallest absolute Gasteiger partial charge is 0.231 e. The molecule has 1 atom stereocenters. The van der Waals surface area contributed by atoms with Crippen LogP contribution in [0.4, 0.5) is 5.69 Å². The molecule has 0 fully saturated rings. The quantitative estimate of drug-likeness (QED) is 0.313. The van der Waals surface area contributed by atoms with Crippen LogP contribution in [-0.2, 0) is 4.79 Å². The molecule has 0 bridgehead atoms. The van der Waals surface area contributed by atoms with Crippen LogP contribution in [0, 0.1) is 0 Å². The van der Waals surface area contributed by atoms with Crippen molar-refractivity contribution in [1.82, 2.24) is 14.8 Å². The minimum atomic E-state index is -0.268. The van der Waals surface area contributed by atoms with Crippen LogP contribution in [0.15, 0.2) is 71.9 Å². The fraction of sp³-hybridized carbons (Fsp3) is 0.154. The number of ether oxygens (including phenoxy) is 2. The SMILES string of the molecule is C[C@H]1C(=O)Nc2ccc(C(=O)CSc3nnc(-c4ccc5c(c4)OCO5)n3-c3ccccc3)cc21. The average molecular weight is 485 g/mol. The molecule has 0 spiro atoms. The van der Waals surface area contributed by atoms with E-state index in [0.29, 0.717) is 28.0 Å². The molecule has 0 unspecified atom stereocenters. The van der Waals surface area contributed by atoms with E-state index in [0.717, 1.165) is 22.5 Å². The van der Waals surface area contributed by atoms with Crippen LogP contribution < -0.4 is 14.8 Å². The van der Waals surface area contributed by atoms with Gasteiger partial charge in [-0.05, 0) is 61.0 Å². The Labute approximate surface area is 205 Å². The number of anilines is 1. The maximum atomic E-state index is 13.0. The average Bonchev–Trinajstić information content (AvgIpc) is 3.60. The Kier molecular flexibility index (Phi) is 5.26. The molecule has 0 radical (unpaired) electrons. The van der Waals surface area contributed by atoms with E-state index in [2.05, 4.69) is 15.5 Å². The normalized spacial score (nSPS) is 15.7. The number of thioether (sulfide) groups is 1. The van der Waals surface area contributed by atoms with E-state index in [-0.39, 0.29) is 30.2 Å². The second-order valence-corrected chi connectivity index (χ2v) is 9.21. The number of carbonyl (C=O) groups is 2. The van der Waals surface area contributed by atoms with Gasteiger partial charge in [0.25, 0.3) is 0 Å². The van der Waals surface area contributed by atoms with Gasteiger partial charge in [0.2, 0.25) is 12.7 Å². The summed E-state index contributed by atoms with van der Waals surface area (Å²) in [5.74, 6) is 1.81. The third kappa shape index (κ3) is 3.83. The molecule has 0 saturated carbocycles. The van der Waals surface area contributed by atoms with Crippen LogP contribution >= 0.6 is 11.8 Å². The van der Waals surface area contributed by atoms with Crippen LogP contribution in [0.1, 0.15) is 28.8 Å². The van der Waals surface area contributed by atoms with Crippen molar-refractivity contribution >= 4 is 29.1 Å². The molecule has 2 aliphatic rings. The molecule has 1 aromatic heterocycles. The van der Waals surface area contributed by atoms with Crippen molar-refractivity contribution in [3.05, 3.63) is 77.9 Å². The van der Waals surface area contributed by atoms with Crippen LogP contribution in [-0.4, -0.2) is 39.0 Å². The minimum absolute atomic E-state index is 0.0448. The van der Waals surface area contributed by atoms with Gasteiger partial charge in [0, 0.05) is 22.5 Å². The lowest BCUT2D eigenvalue weighted by Crippen LogP contribution is -2.08. The van der Waals surface area contributed by atoms with Crippen molar-refractivity contribution in [2.45, 2.75) is 18.0 Å². The molecular weight excluding hydrogens is 464 g/mol. The molecule has 1 amide bonds. The third-order valence-corrected chi connectivity index (χ3v) is 7.03. The van der Waals surface area contributed by atoms with Crippen molar-refractivity contribution < 1.29 is 19.1 Å². The van der Waals surface area contributed by atoms with Crippen LogP contribution in [0.5, 0.6) is 11.5 Å². The number of aromatic nitrogens is 3. The molecule has 174 valence electrons. The number of rotatable bonds is 6. The van der Waals surface area contributed by atoms with E-state index in [1.165, 1.54) is 11.8 Å². The zero-order valence-electron chi connectivity index (χ0n) is 18.7. The highest BCUT2D eigenvalue weighted by Gasteiger charge is 2.27. The van der Waals surface area contributed by atoms with Crippen LogP contribution in [0.3, 0.4) is 0 Å². The number of amides is 1. The summed E-state index contributed by atoms with van der Waals surface area (Å²) >= 11 is 1.32. The summed E-state index contributed by atoms with van der Waals surface area (Å²) < 4.78 is 12.9. The van der Waals surface area contributed by atoms with Gasteiger partial charge in [-0.1, -0.05) is 30.0 Å². The lowest BCUT2D eigenvalue weighted by Gasteiger charge is -2.11. The number of carbonyl (C=O) groups excluding carboxylic acids is 2. The van der Waals surface area contributed by atoms with Gasteiger partial charge >= 0.3 is 0 Å². The summed E-state index contributed by atoms with van der Waals surface area (Å²) in [6.07, 6.45) is 0. The van der Waals surface area contributed by atoms with E-state index in [1.807, 2.05) is 60.0 Å². The van der Waals surface area contributed by atoms with E-state index < -0.39 is 0 Å². The van der Waals surface area contributed by atoms with Gasteiger partial charge in [0.05, 0.1) is 11.7 Å². The van der Waals surface area contributed by atoms with E-state index in [1.54, 1.807) is 18.2 Å². The molecule has 3 aromatic carbocycles. The summed E-state index contributed by atoms with van der Waals surface area (Å²) in [4.78, 5) is 25.0. The van der Waals surface area contributed by atoms with E-state index in [9.17, 15) is 9.59 Å². The van der Waals surface area contributed by atoms with Gasteiger partial charge < -0.3 is 14.8 Å². The highest BCUT2D eigenvalue weighted by Crippen LogP contribution is 2.37. The standard InChI is InChI=1S/C26H20N4O4S/c1-15-19-11-16(7-9-20(19)27-25(15)32)21(31)13-35-26-29-28-24(30(26)18-5-3-2-4-6-18)17-8-10-22-23(12-17)34-14-33-22/h2-12,15H,13-14H2,1H3,(H,27,32)/t15-/m1/s1. The van der Waals surface area contributed by atoms with Crippen molar-refractivity contribution in [3.63, 3.8) is 0 Å². The van der Waals surface area contributed by atoms with E-state index >= 15 is 0 Å². The molecule has 6 rings (SSSR count). The number of hydrogen-bond donors (Lipinski definition) is 1. The first-order chi connectivity index (χ1) is 17.1. The van der Waals surface area contributed by atoms with E-state index in [4.69, 9.17) is 9.47 Å². The Bertz CT molecular complexity index is 1470. The first-order valence-electron chi connectivity index (χ1n) is 11.1. The molecule has 0 aliphatic carbocycles. The first-order valence-corrected chi connectivity index (χ1v) is 12.1. The molecule has 4 aromatic rings. The maximum absolute atomic E-state index is 13.0. The number of nitrogens with zero attached hydrogens (tertiary/aromatic N) is 3. The number of hydrogen-bond acceptors (Lipinski definition) is 7. The second kappa shape index (κ2) is 8.59. The Morgan fingerprint density at radius 2 is 1.89 bits per heavy atom. The molecule has 8 nitrogen and oxygen atoms in total. The molecule has 1 N–H and O–H groups in total. The monoisotopic (exact) mass is 484 g/mol. The number of para-hydroxylation sites is 1. The van der Waals surface area contributed by atoms with Crippen molar-refractivity contribution in [1.29, 1.82) is 0 Å². The summed E-state index contributed by atoms with van der Waals surface area (Å²) in [7, 11) is 0. The van der Waals surface area contributed by atoms with Crippen molar-refractivity contribution in [2.75, 3.05) is 17.9 Å². The van der Waals surface area contributed by atoms with Crippen molar-refractivity contribution in [2.24, 2.45) is 0 Å². The third-order valence-electron chi connectivity index (χ3n) is 6.10. The van der Waals surface area contributed by atoms with Crippen LogP contribution in [0.2, 0.25) is 0 Å². The number of nitrogens with one attached hydrogen (secondary N) is 1. The van der Waals surface area contributed by atoms with Gasteiger partial charge in [-0.3, -0.25) is 14.2 Å². The summed E-state index contributed by atoms with van der Waals surface area (Å²) in [5, 5.41) is 12.3. The lowest BCUT2D eigenvalue weighted by molar-refractivity contribution is -0.116. The largest absolute Gasteiger partial charge is 0.454 e. The van der Waals surface area contributed by atoms with Gasteiger partial charge in [-0.25, -0.2) is 0 Å². The van der Waals surface area contributed by atoms with Gasteiger partial charge in [-0.15, -0.1) is 10.2 Å². The molecule has 3 heterocycles. The number of fused-ring (bicyclic) bond motifs is 2. The Hall–Kier alpha value is -4.11. The minimum Gasteiger partial charge on any atom is -0.454 e. The zero-order chi connectivity index (χ0) is 23.9. The number of ketones is 1. The fourth-order valence-electron chi connectivity index (χ4n) is 4.20. The fourth-order valence-corrected chi connectivity index (χ4v) is 5.05. The number of benzene rings is 3. The summed E-state index contributed by atoms with van der Waals surface area (Å²) in [6.45, 7) is 2.03. The molecule has 9 heteroatoms. The highest BCUT2D eigenvalue weighted by molar-refractivity contribution is 7.99. The predicted molar refractivity (Wildman–Crippen MR) is 131 cm³/mol. The molecule has 35 heavy (non-hydrogen) atoms. The summed E-state index contributed by atoms with van der Waals surface area (Å²) in [5.41, 5.74) is 3.90. The van der Waals surface area contributed by atoms with Gasteiger partial charge in [-0.2, -0.15) is 0 Å². The van der Waals surface area contributed by atoms with Crippen LogP contribution in [0.25, 0.3) is 17.1 Å². The zero-order valence-corrected chi connectivity index (χ0v) is 19.5. The van der Waals surface area contributed by atoms with Gasteiger partial charge in [0.15, 0.2) is 28.3 Å². The lowest BCUT2D eigenvalue weighted by atomic mass is 9.99. The Morgan fingerprint density at radius 3 is 2.74 bits per heavy atom. The molecular formula is C26H20N4O4S. The summed E-state index contributed by atoms with van der Waals surface area (Å²) in [6, 6.07) is 20.8. The molecule has 0 saturated heterocycles. The van der Waals surface area contributed by atoms with Crippen molar-refractivity contribution in [3.8, 4) is 28.6 Å². The highest BCUT2D eigenvalue weighted by atomic mass is 32.2. The predicted octanol–water partition coefficient (Wildman–Crippen LogP) is 4.69. The molecule has 2 aliphatic heterocycles. The Morgan fingerprint density at radius 1 is 1.06 bits per heavy atom.